The Kier molecular flexibility index (Phi) is 5.36. The zero-order valence-corrected chi connectivity index (χ0v) is 9.79. The number of rotatable bonds is 6. The SMILES string of the molecule is COCC(Cl)CCNc1cc(C)ncn1. The molecule has 0 fully saturated rings. The van der Waals surface area contributed by atoms with Crippen LogP contribution in [0.15, 0.2) is 12.4 Å². The van der Waals surface area contributed by atoms with Crippen molar-refractivity contribution in [3.05, 3.63) is 18.1 Å². The topological polar surface area (TPSA) is 47.0 Å². The predicted octanol–water partition coefficient (Wildman–Crippen LogP) is 1.84. The Morgan fingerprint density at radius 1 is 1.53 bits per heavy atom. The third-order valence-electron chi connectivity index (χ3n) is 1.91. The highest BCUT2D eigenvalue weighted by atomic mass is 35.5. The number of alkyl halides is 1. The van der Waals surface area contributed by atoms with Gasteiger partial charge in [-0.25, -0.2) is 9.97 Å². The van der Waals surface area contributed by atoms with Gasteiger partial charge in [-0.3, -0.25) is 0 Å². The van der Waals surface area contributed by atoms with Gasteiger partial charge in [0.05, 0.1) is 12.0 Å². The minimum atomic E-state index is 0.0467. The van der Waals surface area contributed by atoms with Gasteiger partial charge in [-0.05, 0) is 13.3 Å². The standard InChI is InChI=1S/C10H16ClN3O/c1-8-5-10(14-7-13-8)12-4-3-9(11)6-15-2/h5,7,9H,3-4,6H2,1-2H3,(H,12,13,14). The summed E-state index contributed by atoms with van der Waals surface area (Å²) in [4.78, 5) is 8.10. The fourth-order valence-corrected chi connectivity index (χ4v) is 1.41. The van der Waals surface area contributed by atoms with Crippen LogP contribution in [0.2, 0.25) is 0 Å². The van der Waals surface area contributed by atoms with Gasteiger partial charge in [-0.2, -0.15) is 0 Å². The summed E-state index contributed by atoms with van der Waals surface area (Å²) in [6.07, 6.45) is 2.39. The van der Waals surface area contributed by atoms with Crippen LogP contribution in [-0.4, -0.2) is 35.6 Å². The lowest BCUT2D eigenvalue weighted by molar-refractivity contribution is 0.196. The van der Waals surface area contributed by atoms with Crippen LogP contribution in [0, 0.1) is 6.92 Å². The average molecular weight is 230 g/mol. The molecule has 1 N–H and O–H groups in total. The van der Waals surface area contributed by atoms with Gasteiger partial charge in [0, 0.05) is 25.4 Å². The van der Waals surface area contributed by atoms with E-state index in [1.54, 1.807) is 13.4 Å². The van der Waals surface area contributed by atoms with E-state index in [4.69, 9.17) is 16.3 Å². The second-order valence-corrected chi connectivity index (χ2v) is 3.93. The molecule has 84 valence electrons. The van der Waals surface area contributed by atoms with Gasteiger partial charge in [-0.15, -0.1) is 11.6 Å². The Bertz CT molecular complexity index is 296. The highest BCUT2D eigenvalue weighted by molar-refractivity contribution is 6.20. The van der Waals surface area contributed by atoms with E-state index < -0.39 is 0 Å². The first-order valence-corrected chi connectivity index (χ1v) is 5.31. The summed E-state index contributed by atoms with van der Waals surface area (Å²) in [6.45, 7) is 3.29. The Morgan fingerprint density at radius 2 is 2.33 bits per heavy atom. The zero-order valence-electron chi connectivity index (χ0n) is 9.03. The molecule has 5 heteroatoms. The van der Waals surface area contributed by atoms with Crippen molar-refractivity contribution in [2.45, 2.75) is 18.7 Å². The molecule has 0 aliphatic heterocycles. The normalized spacial score (nSPS) is 12.5. The van der Waals surface area contributed by atoms with Crippen molar-refractivity contribution in [1.82, 2.24) is 9.97 Å². The average Bonchev–Trinajstić information content (AvgIpc) is 2.18. The summed E-state index contributed by atoms with van der Waals surface area (Å²) >= 11 is 5.98. The molecule has 0 aliphatic rings. The third-order valence-corrected chi connectivity index (χ3v) is 2.26. The van der Waals surface area contributed by atoms with Crippen molar-refractivity contribution in [3.8, 4) is 0 Å². The van der Waals surface area contributed by atoms with E-state index in [1.807, 2.05) is 13.0 Å². The van der Waals surface area contributed by atoms with E-state index in [2.05, 4.69) is 15.3 Å². The smallest absolute Gasteiger partial charge is 0.129 e. The second kappa shape index (κ2) is 6.58. The van der Waals surface area contributed by atoms with Crippen molar-refractivity contribution in [1.29, 1.82) is 0 Å². The van der Waals surface area contributed by atoms with Crippen LogP contribution in [0.1, 0.15) is 12.1 Å². The molecule has 1 aromatic heterocycles. The summed E-state index contributed by atoms with van der Waals surface area (Å²) in [6, 6.07) is 1.90. The highest BCUT2D eigenvalue weighted by Gasteiger charge is 2.03. The van der Waals surface area contributed by atoms with Crippen LogP contribution in [0.4, 0.5) is 5.82 Å². The van der Waals surface area contributed by atoms with Crippen LogP contribution >= 0.6 is 11.6 Å². The fourth-order valence-electron chi connectivity index (χ4n) is 1.17. The molecule has 1 unspecified atom stereocenters. The third kappa shape index (κ3) is 4.95. The first-order valence-electron chi connectivity index (χ1n) is 4.88. The summed E-state index contributed by atoms with van der Waals surface area (Å²) in [7, 11) is 1.65. The molecule has 0 bridgehead atoms. The van der Waals surface area contributed by atoms with Crippen LogP contribution in [0.3, 0.4) is 0 Å². The summed E-state index contributed by atoms with van der Waals surface area (Å²) in [5, 5.41) is 3.23. The van der Waals surface area contributed by atoms with Gasteiger partial charge < -0.3 is 10.1 Å². The molecule has 0 aliphatic carbocycles. The van der Waals surface area contributed by atoms with E-state index >= 15 is 0 Å². The number of hydrogen-bond acceptors (Lipinski definition) is 4. The summed E-state index contributed by atoms with van der Waals surface area (Å²) in [5.41, 5.74) is 0.951. The molecule has 1 rings (SSSR count). The van der Waals surface area contributed by atoms with E-state index in [1.165, 1.54) is 0 Å². The molecule has 1 aromatic rings. The van der Waals surface area contributed by atoms with Crippen molar-refractivity contribution in [2.24, 2.45) is 0 Å². The van der Waals surface area contributed by atoms with Crippen LogP contribution < -0.4 is 5.32 Å². The Labute approximate surface area is 95.0 Å². The van der Waals surface area contributed by atoms with Gasteiger partial charge in [0.2, 0.25) is 0 Å². The molecular formula is C10H16ClN3O. The Balaban J connectivity index is 2.25. The highest BCUT2D eigenvalue weighted by Crippen LogP contribution is 2.05. The van der Waals surface area contributed by atoms with E-state index in [0.29, 0.717) is 6.61 Å². The molecule has 0 saturated carbocycles. The molecule has 0 spiro atoms. The molecule has 1 heterocycles. The number of aromatic nitrogens is 2. The molecule has 0 aromatic carbocycles. The minimum Gasteiger partial charge on any atom is -0.383 e. The van der Waals surface area contributed by atoms with Gasteiger partial charge in [0.1, 0.15) is 12.1 Å². The van der Waals surface area contributed by atoms with Gasteiger partial charge in [-0.1, -0.05) is 0 Å². The number of hydrogen-bond donors (Lipinski definition) is 1. The quantitative estimate of drug-likeness (QED) is 0.757. The second-order valence-electron chi connectivity index (χ2n) is 3.31. The van der Waals surface area contributed by atoms with Gasteiger partial charge in [0.15, 0.2) is 0 Å². The zero-order chi connectivity index (χ0) is 11.1. The Hall–Kier alpha value is -0.870. The number of ether oxygens (including phenoxy) is 1. The van der Waals surface area contributed by atoms with Crippen molar-refractivity contribution >= 4 is 17.4 Å². The maximum atomic E-state index is 5.98. The maximum Gasteiger partial charge on any atom is 0.129 e. The number of methoxy groups -OCH3 is 1. The van der Waals surface area contributed by atoms with Gasteiger partial charge >= 0.3 is 0 Å². The molecule has 0 radical (unpaired) electrons. The van der Waals surface area contributed by atoms with E-state index in [-0.39, 0.29) is 5.38 Å². The largest absolute Gasteiger partial charge is 0.383 e. The van der Waals surface area contributed by atoms with Crippen molar-refractivity contribution in [3.63, 3.8) is 0 Å². The van der Waals surface area contributed by atoms with Crippen molar-refractivity contribution in [2.75, 3.05) is 25.6 Å². The molecule has 0 saturated heterocycles. The lowest BCUT2D eigenvalue weighted by atomic mass is 10.3. The molecule has 15 heavy (non-hydrogen) atoms. The van der Waals surface area contributed by atoms with Gasteiger partial charge in [0.25, 0.3) is 0 Å². The first-order chi connectivity index (χ1) is 7.22. The number of aryl methyl sites for hydroxylation is 1. The van der Waals surface area contributed by atoms with Crippen LogP contribution in [0.25, 0.3) is 0 Å². The van der Waals surface area contributed by atoms with E-state index in [0.717, 1.165) is 24.5 Å². The first kappa shape index (κ1) is 12.2. The molecule has 0 amide bonds. The Morgan fingerprint density at radius 3 is 3.00 bits per heavy atom. The predicted molar refractivity (Wildman–Crippen MR) is 61.4 cm³/mol. The lowest BCUT2D eigenvalue weighted by Crippen LogP contribution is -2.14. The lowest BCUT2D eigenvalue weighted by Gasteiger charge is -2.09. The van der Waals surface area contributed by atoms with Crippen LogP contribution in [0.5, 0.6) is 0 Å². The fraction of sp³-hybridized carbons (Fsp3) is 0.600. The number of nitrogens with zero attached hydrogens (tertiary/aromatic N) is 2. The van der Waals surface area contributed by atoms with Crippen molar-refractivity contribution < 1.29 is 4.74 Å². The summed E-state index contributed by atoms with van der Waals surface area (Å²) < 4.78 is 4.94. The molecule has 4 nitrogen and oxygen atoms in total. The molecular weight excluding hydrogens is 214 g/mol. The molecule has 1 atom stereocenters. The number of anilines is 1. The minimum absolute atomic E-state index is 0.0467. The van der Waals surface area contributed by atoms with E-state index in [9.17, 15) is 0 Å². The number of halogens is 1. The monoisotopic (exact) mass is 229 g/mol. The maximum absolute atomic E-state index is 5.98. The number of nitrogens with one attached hydrogen (secondary N) is 1. The van der Waals surface area contributed by atoms with Crippen LogP contribution in [-0.2, 0) is 4.74 Å². The summed E-state index contributed by atoms with van der Waals surface area (Å²) in [5.74, 6) is 0.837.